The van der Waals surface area contributed by atoms with E-state index in [-0.39, 0.29) is 5.56 Å². The summed E-state index contributed by atoms with van der Waals surface area (Å²) >= 11 is 3.93. The molecule has 2 heterocycles. The highest BCUT2D eigenvalue weighted by Crippen LogP contribution is 2.39. The summed E-state index contributed by atoms with van der Waals surface area (Å²) in [5.74, 6) is 2.23. The van der Waals surface area contributed by atoms with Gasteiger partial charge in [0, 0.05) is 29.3 Å². The normalized spacial score (nSPS) is 17.5. The molecule has 1 unspecified atom stereocenters. The Bertz CT molecular complexity index is 683. The molecule has 3 nitrogen and oxygen atoms in total. The number of benzene rings is 1. The van der Waals surface area contributed by atoms with E-state index in [0.29, 0.717) is 9.49 Å². The van der Waals surface area contributed by atoms with Gasteiger partial charge in [-0.05, 0) is 41.1 Å². The van der Waals surface area contributed by atoms with Crippen molar-refractivity contribution in [1.29, 1.82) is 0 Å². The van der Waals surface area contributed by atoms with Crippen LogP contribution in [0, 0.1) is 10.5 Å². The van der Waals surface area contributed by atoms with E-state index in [2.05, 4.69) is 51.8 Å². The lowest BCUT2D eigenvalue weighted by molar-refractivity contribution is 0.560. The molecule has 1 aliphatic rings. The Morgan fingerprint density at radius 3 is 3.11 bits per heavy atom. The number of rotatable bonds is 2. The first-order chi connectivity index (χ1) is 9.16. The van der Waals surface area contributed by atoms with Gasteiger partial charge >= 0.3 is 0 Å². The van der Waals surface area contributed by atoms with E-state index < -0.39 is 0 Å². The summed E-state index contributed by atoms with van der Waals surface area (Å²) in [4.78, 5) is 17.8. The molecule has 3 rings (SSSR count). The summed E-state index contributed by atoms with van der Waals surface area (Å²) in [7, 11) is 0. The van der Waals surface area contributed by atoms with E-state index >= 15 is 0 Å². The first-order valence-electron chi connectivity index (χ1n) is 6.10. The number of aromatic nitrogens is 2. The van der Waals surface area contributed by atoms with E-state index in [1.165, 1.54) is 10.5 Å². The molecule has 0 N–H and O–H groups in total. The maximum atomic E-state index is 12.2. The standard InChI is InChI=1S/C14H13IN2OS/c1-9-16-6-12(15)14(18)17(9)7-10-8-19-13-5-3-2-4-11(10)13/h2-6,10H,7-8H2,1H3. The van der Waals surface area contributed by atoms with Crippen LogP contribution in [0.2, 0.25) is 0 Å². The van der Waals surface area contributed by atoms with Crippen LogP contribution in [-0.4, -0.2) is 15.3 Å². The third-order valence-corrected chi connectivity index (χ3v) is 5.40. The summed E-state index contributed by atoms with van der Waals surface area (Å²) in [5.41, 5.74) is 1.43. The van der Waals surface area contributed by atoms with Crippen molar-refractivity contribution < 1.29 is 0 Å². The van der Waals surface area contributed by atoms with Crippen LogP contribution in [-0.2, 0) is 6.54 Å². The second kappa shape index (κ2) is 5.28. The van der Waals surface area contributed by atoms with Crippen LogP contribution in [0.1, 0.15) is 17.3 Å². The molecule has 2 aromatic rings. The zero-order chi connectivity index (χ0) is 13.4. The maximum Gasteiger partial charge on any atom is 0.266 e. The van der Waals surface area contributed by atoms with Gasteiger partial charge in [-0.25, -0.2) is 4.98 Å². The third-order valence-electron chi connectivity index (χ3n) is 3.41. The number of fused-ring (bicyclic) bond motifs is 1. The molecule has 0 amide bonds. The fourth-order valence-electron chi connectivity index (χ4n) is 2.37. The average molecular weight is 384 g/mol. The van der Waals surface area contributed by atoms with Crippen molar-refractivity contribution in [3.05, 3.63) is 55.8 Å². The molecule has 1 aromatic heterocycles. The maximum absolute atomic E-state index is 12.2. The molecule has 1 aromatic carbocycles. The summed E-state index contributed by atoms with van der Waals surface area (Å²) in [6.07, 6.45) is 1.64. The van der Waals surface area contributed by atoms with Gasteiger partial charge in [-0.3, -0.25) is 9.36 Å². The molecule has 0 spiro atoms. The molecule has 98 valence electrons. The van der Waals surface area contributed by atoms with E-state index in [1.54, 1.807) is 10.8 Å². The second-order valence-electron chi connectivity index (χ2n) is 4.61. The van der Waals surface area contributed by atoms with E-state index in [1.807, 2.05) is 18.7 Å². The predicted molar refractivity (Wildman–Crippen MR) is 85.9 cm³/mol. The van der Waals surface area contributed by atoms with Crippen LogP contribution in [0.25, 0.3) is 0 Å². The molecule has 0 aliphatic carbocycles. The number of halogens is 1. The van der Waals surface area contributed by atoms with Crippen molar-refractivity contribution in [1.82, 2.24) is 9.55 Å². The molecule has 0 bridgehead atoms. The monoisotopic (exact) mass is 384 g/mol. The van der Waals surface area contributed by atoms with E-state index in [9.17, 15) is 4.79 Å². The van der Waals surface area contributed by atoms with Crippen LogP contribution in [0.3, 0.4) is 0 Å². The van der Waals surface area contributed by atoms with Crippen LogP contribution in [0.4, 0.5) is 0 Å². The van der Waals surface area contributed by atoms with Crippen molar-refractivity contribution in [2.45, 2.75) is 24.3 Å². The highest BCUT2D eigenvalue weighted by molar-refractivity contribution is 14.1. The fourth-order valence-corrected chi connectivity index (χ4v) is 4.04. The van der Waals surface area contributed by atoms with E-state index in [4.69, 9.17) is 0 Å². The average Bonchev–Trinajstić information content (AvgIpc) is 2.83. The van der Waals surface area contributed by atoms with Crippen LogP contribution in [0.15, 0.2) is 40.2 Å². The summed E-state index contributed by atoms with van der Waals surface area (Å²) in [6, 6.07) is 8.46. The number of hydrogen-bond acceptors (Lipinski definition) is 3. The van der Waals surface area contributed by atoms with Gasteiger partial charge in [-0.1, -0.05) is 18.2 Å². The van der Waals surface area contributed by atoms with Crippen molar-refractivity contribution in [2.75, 3.05) is 5.75 Å². The number of hydrogen-bond donors (Lipinski definition) is 0. The number of nitrogens with zero attached hydrogens (tertiary/aromatic N) is 2. The van der Waals surface area contributed by atoms with Crippen LogP contribution >= 0.6 is 34.4 Å². The topological polar surface area (TPSA) is 34.9 Å². The van der Waals surface area contributed by atoms with Gasteiger partial charge < -0.3 is 0 Å². The Labute approximate surface area is 129 Å². The van der Waals surface area contributed by atoms with E-state index in [0.717, 1.165) is 18.1 Å². The Kier molecular flexibility index (Phi) is 3.66. The molecular formula is C14H13IN2OS. The van der Waals surface area contributed by atoms with Gasteiger partial charge in [0.1, 0.15) is 5.82 Å². The van der Waals surface area contributed by atoms with Gasteiger partial charge in [0.05, 0.1) is 3.57 Å². The summed E-state index contributed by atoms with van der Waals surface area (Å²) < 4.78 is 2.48. The highest BCUT2D eigenvalue weighted by Gasteiger charge is 2.24. The fraction of sp³-hybridized carbons (Fsp3) is 0.286. The predicted octanol–water partition coefficient (Wildman–Crippen LogP) is 3.05. The molecule has 5 heteroatoms. The zero-order valence-electron chi connectivity index (χ0n) is 10.5. The van der Waals surface area contributed by atoms with Crippen LogP contribution < -0.4 is 5.56 Å². The molecule has 0 fully saturated rings. The van der Waals surface area contributed by atoms with Gasteiger partial charge in [0.15, 0.2) is 0 Å². The van der Waals surface area contributed by atoms with Gasteiger partial charge in [0.25, 0.3) is 5.56 Å². The molecule has 0 saturated heterocycles. The van der Waals surface area contributed by atoms with Crippen molar-refractivity contribution in [3.8, 4) is 0 Å². The molecule has 19 heavy (non-hydrogen) atoms. The van der Waals surface area contributed by atoms with Crippen molar-refractivity contribution in [3.63, 3.8) is 0 Å². The van der Waals surface area contributed by atoms with Gasteiger partial charge in [0.2, 0.25) is 0 Å². The molecular weight excluding hydrogens is 371 g/mol. The second-order valence-corrected chi connectivity index (χ2v) is 6.84. The Morgan fingerprint density at radius 2 is 2.26 bits per heavy atom. The highest BCUT2D eigenvalue weighted by atomic mass is 127. The van der Waals surface area contributed by atoms with Crippen LogP contribution in [0.5, 0.6) is 0 Å². The minimum atomic E-state index is 0.0717. The smallest absolute Gasteiger partial charge is 0.266 e. The minimum absolute atomic E-state index is 0.0717. The third kappa shape index (κ3) is 2.45. The first-order valence-corrected chi connectivity index (χ1v) is 8.17. The van der Waals surface area contributed by atoms with Gasteiger partial charge in [-0.2, -0.15) is 0 Å². The molecule has 0 saturated carbocycles. The summed E-state index contributed by atoms with van der Waals surface area (Å²) in [6.45, 7) is 2.62. The SMILES string of the molecule is Cc1ncc(I)c(=O)n1CC1CSc2ccccc21. The molecule has 0 radical (unpaired) electrons. The van der Waals surface area contributed by atoms with Crippen molar-refractivity contribution in [2.24, 2.45) is 0 Å². The minimum Gasteiger partial charge on any atom is -0.295 e. The summed E-state index contributed by atoms with van der Waals surface area (Å²) in [5, 5.41) is 0. The quantitative estimate of drug-likeness (QED) is 0.747. The lowest BCUT2D eigenvalue weighted by Crippen LogP contribution is -2.28. The Balaban J connectivity index is 1.96. The number of aryl methyl sites for hydroxylation is 1. The Morgan fingerprint density at radius 1 is 1.47 bits per heavy atom. The number of thioether (sulfide) groups is 1. The van der Waals surface area contributed by atoms with Gasteiger partial charge in [-0.15, -0.1) is 11.8 Å². The molecule has 1 aliphatic heterocycles. The lowest BCUT2D eigenvalue weighted by atomic mass is 10.0. The largest absolute Gasteiger partial charge is 0.295 e. The zero-order valence-corrected chi connectivity index (χ0v) is 13.4. The first kappa shape index (κ1) is 13.2. The molecule has 1 atom stereocenters. The Hall–Kier alpha value is -0.820. The lowest BCUT2D eigenvalue weighted by Gasteiger charge is -2.15. The van der Waals surface area contributed by atoms with Crippen molar-refractivity contribution >= 4 is 34.4 Å².